The van der Waals surface area contributed by atoms with E-state index in [0.717, 1.165) is 0 Å². The van der Waals surface area contributed by atoms with Gasteiger partial charge in [-0.3, -0.25) is 9.78 Å². The minimum atomic E-state index is -2.80. The first-order valence-electron chi connectivity index (χ1n) is 3.31. The third-order valence-corrected chi connectivity index (χ3v) is 2.09. The van der Waals surface area contributed by atoms with Gasteiger partial charge in [0.1, 0.15) is 0 Å². The highest BCUT2D eigenvalue weighted by Crippen LogP contribution is 2.25. The van der Waals surface area contributed by atoms with Crippen LogP contribution < -0.4 is 10.3 Å². The molecule has 3 nitrogen and oxygen atoms in total. The maximum Gasteiger partial charge on any atom is 0.270 e. The molecule has 0 spiro atoms. The van der Waals surface area contributed by atoms with Crippen LogP contribution in [0.2, 0.25) is 0 Å². The zero-order valence-electron chi connectivity index (χ0n) is 6.61. The van der Waals surface area contributed by atoms with Gasteiger partial charge in [-0.15, -0.1) is 0 Å². The third kappa shape index (κ3) is 2.06. The van der Waals surface area contributed by atoms with Crippen LogP contribution in [0.3, 0.4) is 0 Å². The summed E-state index contributed by atoms with van der Waals surface area (Å²) in [6, 6.07) is 1.28. The van der Waals surface area contributed by atoms with E-state index < -0.39 is 17.5 Å². The van der Waals surface area contributed by atoms with Crippen LogP contribution in [0.1, 0.15) is 12.0 Å². The fourth-order valence-electron chi connectivity index (χ4n) is 0.830. The number of nitrogens with one attached hydrogen (secondary N) is 1. The third-order valence-electron chi connectivity index (χ3n) is 1.43. The first-order valence-corrected chi connectivity index (χ1v) is 4.10. The van der Waals surface area contributed by atoms with Crippen molar-refractivity contribution in [2.24, 2.45) is 0 Å². The lowest BCUT2D eigenvalue weighted by Gasteiger charge is -2.04. The molecule has 0 atom stereocenters. The Bertz CT molecular complexity index is 364. The smallest absolute Gasteiger partial charge is 0.270 e. The topological polar surface area (TPSA) is 42.1 Å². The minimum absolute atomic E-state index is 0.0445. The molecule has 0 bridgehead atoms. The van der Waals surface area contributed by atoms with Crippen LogP contribution in [0.4, 0.5) is 8.78 Å². The molecule has 0 amide bonds. The van der Waals surface area contributed by atoms with E-state index in [4.69, 9.17) is 0 Å². The molecule has 6 heteroatoms. The highest BCUT2D eigenvalue weighted by atomic mass is 79.9. The molecule has 1 aromatic heterocycles. The van der Waals surface area contributed by atoms with Gasteiger partial charge in [-0.1, -0.05) is 0 Å². The maximum atomic E-state index is 12.2. The molecule has 0 aliphatic heterocycles. The van der Waals surface area contributed by atoms with Crippen molar-refractivity contribution in [2.75, 3.05) is 7.11 Å². The summed E-state index contributed by atoms with van der Waals surface area (Å²) < 4.78 is 29.2. The molecule has 0 fully saturated rings. The maximum absolute atomic E-state index is 12.2. The lowest BCUT2D eigenvalue weighted by atomic mass is 10.3. The highest BCUT2D eigenvalue weighted by Gasteiger charge is 2.17. The van der Waals surface area contributed by atoms with Gasteiger partial charge in [0.15, 0.2) is 5.88 Å². The quantitative estimate of drug-likeness (QED) is 0.877. The first-order chi connectivity index (χ1) is 6.06. The second-order valence-corrected chi connectivity index (χ2v) is 3.08. The van der Waals surface area contributed by atoms with E-state index >= 15 is 0 Å². The lowest BCUT2D eigenvalue weighted by Crippen LogP contribution is -2.14. The van der Waals surface area contributed by atoms with Crippen molar-refractivity contribution >= 4 is 15.9 Å². The fraction of sp³-hybridized carbons (Fsp3) is 0.286. The van der Waals surface area contributed by atoms with E-state index in [1.165, 1.54) is 13.2 Å². The van der Waals surface area contributed by atoms with Gasteiger partial charge < -0.3 is 4.74 Å². The molecule has 0 radical (unpaired) electrons. The van der Waals surface area contributed by atoms with Crippen molar-refractivity contribution in [1.82, 2.24) is 4.98 Å². The number of aromatic amines is 1. The molecule has 0 aromatic carbocycles. The SMILES string of the molecule is COc1cc(Br)c(C(F)F)c(=O)[nH]1. The van der Waals surface area contributed by atoms with Crippen molar-refractivity contribution < 1.29 is 13.5 Å². The Morgan fingerprint density at radius 2 is 2.23 bits per heavy atom. The van der Waals surface area contributed by atoms with E-state index in [-0.39, 0.29) is 10.4 Å². The summed E-state index contributed by atoms with van der Waals surface area (Å²) >= 11 is 2.86. The predicted molar refractivity (Wildman–Crippen MR) is 46.3 cm³/mol. The van der Waals surface area contributed by atoms with Crippen molar-refractivity contribution in [3.63, 3.8) is 0 Å². The summed E-state index contributed by atoms with van der Waals surface area (Å²) in [4.78, 5) is 13.2. The molecule has 0 unspecified atom stereocenters. The molecule has 1 N–H and O–H groups in total. The highest BCUT2D eigenvalue weighted by molar-refractivity contribution is 9.10. The van der Waals surface area contributed by atoms with Gasteiger partial charge in [-0.05, 0) is 15.9 Å². The van der Waals surface area contributed by atoms with Gasteiger partial charge in [-0.25, -0.2) is 8.78 Å². The van der Waals surface area contributed by atoms with Gasteiger partial charge >= 0.3 is 0 Å². The van der Waals surface area contributed by atoms with Gasteiger partial charge in [0.25, 0.3) is 12.0 Å². The average Bonchev–Trinajstić information content (AvgIpc) is 2.02. The molecule has 13 heavy (non-hydrogen) atoms. The summed E-state index contributed by atoms with van der Waals surface area (Å²) in [5.41, 5.74) is -1.43. The largest absolute Gasteiger partial charge is 0.482 e. The van der Waals surface area contributed by atoms with Crippen LogP contribution in [0, 0.1) is 0 Å². The molecule has 1 heterocycles. The molecular weight excluding hydrogens is 248 g/mol. The van der Waals surface area contributed by atoms with Gasteiger partial charge in [0.05, 0.1) is 12.7 Å². The number of ether oxygens (including phenoxy) is 1. The molecular formula is C7H6BrF2NO2. The molecule has 1 aromatic rings. The summed E-state index contributed by atoms with van der Waals surface area (Å²) in [5.74, 6) is 0.140. The molecule has 1 rings (SSSR count). The Hall–Kier alpha value is -0.910. The van der Waals surface area contributed by atoms with E-state index in [9.17, 15) is 13.6 Å². The van der Waals surface area contributed by atoms with Crippen LogP contribution >= 0.6 is 15.9 Å². The Labute approximate surface area is 80.9 Å². The van der Waals surface area contributed by atoms with Crippen LogP contribution in [-0.4, -0.2) is 12.1 Å². The second-order valence-electron chi connectivity index (χ2n) is 2.23. The van der Waals surface area contributed by atoms with Crippen LogP contribution in [-0.2, 0) is 0 Å². The Kier molecular flexibility index (Phi) is 3.02. The van der Waals surface area contributed by atoms with Gasteiger partial charge in [0, 0.05) is 10.5 Å². The number of methoxy groups -OCH3 is 1. The summed E-state index contributed by atoms with van der Waals surface area (Å²) in [5, 5.41) is 0. The van der Waals surface area contributed by atoms with Crippen molar-refractivity contribution in [2.45, 2.75) is 6.43 Å². The molecule has 0 aliphatic carbocycles. The summed E-state index contributed by atoms with van der Waals surface area (Å²) in [7, 11) is 1.33. The van der Waals surface area contributed by atoms with E-state index in [2.05, 4.69) is 25.7 Å². The monoisotopic (exact) mass is 253 g/mol. The van der Waals surface area contributed by atoms with Crippen molar-refractivity contribution in [1.29, 1.82) is 0 Å². The second kappa shape index (κ2) is 3.87. The lowest BCUT2D eigenvalue weighted by molar-refractivity contribution is 0.148. The molecule has 0 saturated heterocycles. The van der Waals surface area contributed by atoms with Gasteiger partial charge in [-0.2, -0.15) is 0 Å². The van der Waals surface area contributed by atoms with Crippen molar-refractivity contribution in [3.8, 4) is 5.88 Å². The van der Waals surface area contributed by atoms with E-state index in [1.807, 2.05) is 0 Å². The number of rotatable bonds is 2. The predicted octanol–water partition coefficient (Wildman–Crippen LogP) is 2.08. The van der Waals surface area contributed by atoms with Gasteiger partial charge in [0.2, 0.25) is 0 Å². The van der Waals surface area contributed by atoms with E-state index in [1.54, 1.807) is 0 Å². The Morgan fingerprint density at radius 3 is 2.62 bits per heavy atom. The number of H-pyrrole nitrogens is 1. The molecule has 72 valence electrons. The zero-order chi connectivity index (χ0) is 10.0. The van der Waals surface area contributed by atoms with Crippen LogP contribution in [0.5, 0.6) is 5.88 Å². The number of hydrogen-bond donors (Lipinski definition) is 1. The summed E-state index contributed by atoms with van der Waals surface area (Å²) in [6.45, 7) is 0. The first kappa shape index (κ1) is 10.2. The Morgan fingerprint density at radius 1 is 1.62 bits per heavy atom. The fourth-order valence-corrected chi connectivity index (χ4v) is 1.39. The number of halogens is 3. The zero-order valence-corrected chi connectivity index (χ0v) is 8.19. The van der Waals surface area contributed by atoms with Crippen molar-refractivity contribution in [3.05, 3.63) is 26.5 Å². The van der Waals surface area contributed by atoms with E-state index in [0.29, 0.717) is 0 Å². The number of pyridine rings is 1. The standard InChI is InChI=1S/C7H6BrF2NO2/c1-13-4-2-3(8)5(6(9)10)7(12)11-4/h2,6H,1H3,(H,11,12). The average molecular weight is 254 g/mol. The summed E-state index contributed by atoms with van der Waals surface area (Å²) in [6.07, 6.45) is -2.80. The number of aromatic nitrogens is 1. The molecule has 0 saturated carbocycles. The van der Waals surface area contributed by atoms with Crippen LogP contribution in [0.15, 0.2) is 15.3 Å². The molecule has 0 aliphatic rings. The Balaban J connectivity index is 3.32. The normalized spacial score (nSPS) is 10.5. The minimum Gasteiger partial charge on any atom is -0.482 e. The number of hydrogen-bond acceptors (Lipinski definition) is 2. The number of alkyl halides is 2. The van der Waals surface area contributed by atoms with Crippen LogP contribution in [0.25, 0.3) is 0 Å².